The van der Waals surface area contributed by atoms with Gasteiger partial charge in [0.05, 0.1) is 17.4 Å². The number of urea groups is 1. The molecule has 1 aromatic carbocycles. The van der Waals surface area contributed by atoms with Gasteiger partial charge in [-0.05, 0) is 61.7 Å². The average Bonchev–Trinajstić information content (AvgIpc) is 3.54. The number of rotatable bonds is 9. The summed E-state index contributed by atoms with van der Waals surface area (Å²) in [7, 11) is 3.57. The van der Waals surface area contributed by atoms with Gasteiger partial charge in [-0.2, -0.15) is 0 Å². The van der Waals surface area contributed by atoms with Crippen LogP contribution in [0.3, 0.4) is 0 Å². The molecule has 1 fully saturated rings. The number of carbonyl (C=O) groups excluding carboxylic acids is 3. The van der Waals surface area contributed by atoms with E-state index in [0.29, 0.717) is 35.8 Å². The van der Waals surface area contributed by atoms with Gasteiger partial charge >= 0.3 is 6.03 Å². The first-order chi connectivity index (χ1) is 21.9. The number of hydrogen-bond acceptors (Lipinski definition) is 8. The van der Waals surface area contributed by atoms with Gasteiger partial charge in [-0.1, -0.05) is 0 Å². The largest absolute Gasteiger partial charge is 0.452 e. The van der Waals surface area contributed by atoms with Crippen molar-refractivity contribution in [3.05, 3.63) is 78.1 Å². The number of nitrogens with one attached hydrogen (secondary N) is 3. The van der Waals surface area contributed by atoms with Gasteiger partial charge in [0, 0.05) is 87.2 Å². The highest BCUT2D eigenvalue weighted by molar-refractivity contribution is 6.16. The Morgan fingerprint density at radius 2 is 1.93 bits per heavy atom. The number of aryl methyl sites for hydroxylation is 1. The Balaban J connectivity index is 1.17. The van der Waals surface area contributed by atoms with E-state index in [2.05, 4.69) is 30.8 Å². The van der Waals surface area contributed by atoms with Crippen LogP contribution in [-0.4, -0.2) is 65.6 Å². The molecule has 3 aromatic heterocycles. The second kappa shape index (κ2) is 13.2. The molecule has 12 nitrogen and oxygen atoms in total. The van der Waals surface area contributed by atoms with Crippen molar-refractivity contribution in [2.75, 3.05) is 48.9 Å². The zero-order valence-corrected chi connectivity index (χ0v) is 25.2. The van der Waals surface area contributed by atoms with E-state index in [1.54, 1.807) is 55.9 Å². The van der Waals surface area contributed by atoms with Crippen LogP contribution in [0.15, 0.2) is 66.9 Å². The molecule has 0 spiro atoms. The third-order valence-corrected chi connectivity index (χ3v) is 8.03. The van der Waals surface area contributed by atoms with Crippen LogP contribution in [0.25, 0.3) is 17.1 Å². The van der Waals surface area contributed by atoms with Crippen LogP contribution in [0, 0.1) is 5.92 Å². The highest BCUT2D eigenvalue weighted by Crippen LogP contribution is 2.37. The molecule has 45 heavy (non-hydrogen) atoms. The molecule has 0 aliphatic carbocycles. The smallest absolute Gasteiger partial charge is 0.323 e. The van der Waals surface area contributed by atoms with Crippen molar-refractivity contribution in [3.8, 4) is 5.75 Å². The number of methoxy groups -OCH3 is 1. The predicted octanol–water partition coefficient (Wildman–Crippen LogP) is 4.60. The monoisotopic (exact) mass is 609 g/mol. The number of ether oxygens (including phenoxy) is 2. The first-order valence-electron chi connectivity index (χ1n) is 14.9. The molecule has 1 saturated heterocycles. The van der Waals surface area contributed by atoms with Crippen LogP contribution in [0.1, 0.15) is 35.2 Å². The van der Waals surface area contributed by atoms with Crippen molar-refractivity contribution in [3.63, 3.8) is 0 Å². The van der Waals surface area contributed by atoms with E-state index in [0.717, 1.165) is 54.6 Å². The normalized spacial score (nSPS) is 15.6. The van der Waals surface area contributed by atoms with E-state index < -0.39 is 6.03 Å². The van der Waals surface area contributed by atoms with Gasteiger partial charge in [0.1, 0.15) is 11.4 Å². The molecule has 2 aliphatic rings. The number of aromatic nitrogens is 3. The average molecular weight is 610 g/mol. The Bertz CT molecular complexity index is 1760. The zero-order chi connectivity index (χ0) is 31.3. The van der Waals surface area contributed by atoms with Gasteiger partial charge in [-0.15, -0.1) is 0 Å². The summed E-state index contributed by atoms with van der Waals surface area (Å²) >= 11 is 0. The maximum Gasteiger partial charge on any atom is 0.323 e. The molecule has 0 unspecified atom stereocenters. The Kier molecular flexibility index (Phi) is 8.74. The summed E-state index contributed by atoms with van der Waals surface area (Å²) < 4.78 is 13.0. The fourth-order valence-corrected chi connectivity index (χ4v) is 5.79. The van der Waals surface area contributed by atoms with E-state index in [1.807, 2.05) is 23.9 Å². The zero-order valence-electron chi connectivity index (χ0n) is 25.2. The lowest BCUT2D eigenvalue weighted by atomic mass is 9.95. The highest BCUT2D eigenvalue weighted by atomic mass is 16.5. The maximum atomic E-state index is 13.5. The van der Waals surface area contributed by atoms with E-state index in [4.69, 9.17) is 9.47 Å². The molecule has 12 heteroatoms. The molecule has 232 valence electrons. The molecule has 2 aliphatic heterocycles. The Labute approximate surface area is 260 Å². The molecule has 6 rings (SSSR count). The van der Waals surface area contributed by atoms with Crippen molar-refractivity contribution in [1.82, 2.24) is 19.9 Å². The molecule has 4 aromatic rings. The van der Waals surface area contributed by atoms with Crippen molar-refractivity contribution in [1.29, 1.82) is 0 Å². The minimum absolute atomic E-state index is 0.0256. The first-order valence-corrected chi connectivity index (χ1v) is 14.9. The van der Waals surface area contributed by atoms with Crippen LogP contribution in [0.4, 0.5) is 21.9 Å². The van der Waals surface area contributed by atoms with Gasteiger partial charge < -0.3 is 34.9 Å². The summed E-state index contributed by atoms with van der Waals surface area (Å²) in [5.74, 6) is 0.404. The molecular weight excluding hydrogens is 574 g/mol. The number of pyridine rings is 2. The Hall–Kier alpha value is -5.23. The number of anilines is 3. The van der Waals surface area contributed by atoms with E-state index >= 15 is 0 Å². The number of nitrogens with zero attached hydrogens (tertiary/aromatic N) is 4. The van der Waals surface area contributed by atoms with Crippen molar-refractivity contribution >= 4 is 51.9 Å². The fraction of sp³-hybridized carbons (Fsp3) is 0.303. The number of allylic oxidation sites excluding steroid dienone is 1. The minimum Gasteiger partial charge on any atom is -0.452 e. The quantitative estimate of drug-likeness (QED) is 0.185. The second-order valence-corrected chi connectivity index (χ2v) is 11.1. The fourth-order valence-electron chi connectivity index (χ4n) is 5.79. The van der Waals surface area contributed by atoms with Crippen LogP contribution < -0.4 is 25.6 Å². The Morgan fingerprint density at radius 3 is 2.71 bits per heavy atom. The van der Waals surface area contributed by atoms with Crippen LogP contribution >= 0.6 is 0 Å². The van der Waals surface area contributed by atoms with E-state index in [-0.39, 0.29) is 23.4 Å². The van der Waals surface area contributed by atoms with Gasteiger partial charge in [-0.25, -0.2) is 9.78 Å². The topological polar surface area (TPSA) is 140 Å². The van der Waals surface area contributed by atoms with Crippen LogP contribution in [-0.2, 0) is 16.6 Å². The molecule has 3 amide bonds. The summed E-state index contributed by atoms with van der Waals surface area (Å²) in [6.07, 6.45) is 10.9. The van der Waals surface area contributed by atoms with Crippen molar-refractivity contribution in [2.45, 2.75) is 19.3 Å². The number of hydrogen-bond donors (Lipinski definition) is 3. The molecular formula is C33H35N7O5. The maximum absolute atomic E-state index is 13.5. The molecule has 0 bridgehead atoms. The standard InChI is InChI=1S/C33H35N7O5/c1-39-20-22(29-26(8-13-35-31(29)39)40-14-9-21(10-15-40)32(42)36-12-4-16-44-2)17-28-30(41)25-18-23(6-7-27(25)45-28)37-33(43)38-24-5-3-11-34-19-24/h3,5-8,11,13,17-21H,4,9-10,12,14-16H2,1-2H3,(H,36,42)(H2,37,38,43)/b28-17-. The van der Waals surface area contributed by atoms with Gasteiger partial charge in [0.25, 0.3) is 0 Å². The number of fused-ring (bicyclic) bond motifs is 2. The number of benzene rings is 1. The second-order valence-electron chi connectivity index (χ2n) is 11.1. The van der Waals surface area contributed by atoms with E-state index in [9.17, 15) is 14.4 Å². The number of amides is 3. The van der Waals surface area contributed by atoms with Crippen LogP contribution in [0.2, 0.25) is 0 Å². The molecule has 0 saturated carbocycles. The predicted molar refractivity (Wildman–Crippen MR) is 171 cm³/mol. The summed E-state index contributed by atoms with van der Waals surface area (Å²) in [5.41, 5.74) is 3.96. The number of ketones is 1. The minimum atomic E-state index is -0.451. The molecule has 5 heterocycles. The van der Waals surface area contributed by atoms with Gasteiger partial charge in [0.2, 0.25) is 11.7 Å². The number of carbonyl (C=O) groups is 3. The Morgan fingerprint density at radius 1 is 1.11 bits per heavy atom. The third-order valence-electron chi connectivity index (χ3n) is 8.03. The van der Waals surface area contributed by atoms with Gasteiger partial charge in [0.15, 0.2) is 5.76 Å². The summed E-state index contributed by atoms with van der Waals surface area (Å²) in [4.78, 5) is 49.5. The van der Waals surface area contributed by atoms with Crippen LogP contribution in [0.5, 0.6) is 5.75 Å². The molecule has 0 radical (unpaired) electrons. The molecule has 3 N–H and O–H groups in total. The lowest BCUT2D eigenvalue weighted by molar-refractivity contribution is -0.125. The summed E-state index contributed by atoms with van der Waals surface area (Å²) in [5, 5.41) is 9.40. The lowest BCUT2D eigenvalue weighted by Gasteiger charge is -2.33. The van der Waals surface area contributed by atoms with Gasteiger partial charge in [-0.3, -0.25) is 14.6 Å². The number of piperidine rings is 1. The lowest BCUT2D eigenvalue weighted by Crippen LogP contribution is -2.41. The van der Waals surface area contributed by atoms with Crippen molar-refractivity contribution < 1.29 is 23.9 Å². The number of Topliss-reactive ketones (excluding diaryl/α,β-unsaturated/α-hetero) is 1. The SMILES string of the molecule is COCCCNC(=O)C1CCN(c2ccnc3c2c(/C=C2\Oc4ccc(NC(=O)Nc5cccnc5)cc4C2=O)cn3C)CC1. The molecule has 0 atom stereocenters. The summed E-state index contributed by atoms with van der Waals surface area (Å²) in [6, 6.07) is 9.94. The van der Waals surface area contributed by atoms with E-state index in [1.165, 1.54) is 6.20 Å². The highest BCUT2D eigenvalue weighted by Gasteiger charge is 2.30. The third kappa shape index (κ3) is 6.50. The van der Waals surface area contributed by atoms with Crippen molar-refractivity contribution in [2.24, 2.45) is 13.0 Å². The summed E-state index contributed by atoms with van der Waals surface area (Å²) in [6.45, 7) is 2.69. The first kappa shape index (κ1) is 29.8.